The van der Waals surface area contributed by atoms with E-state index in [0.29, 0.717) is 6.61 Å². The first kappa shape index (κ1) is 22.4. The number of rotatable bonds is 7. The highest BCUT2D eigenvalue weighted by Crippen LogP contribution is 2.16. The predicted octanol–water partition coefficient (Wildman–Crippen LogP) is 1.88. The number of hydrogen-bond acceptors (Lipinski definition) is 5. The third-order valence-corrected chi connectivity index (χ3v) is 6.35. The molecule has 0 aliphatic carbocycles. The molecule has 3 rings (SSSR count). The normalized spacial score (nSPS) is 17.6. The Morgan fingerprint density at radius 1 is 1.23 bits per heavy atom. The Bertz CT molecular complexity index is 1010. The predicted molar refractivity (Wildman–Crippen MR) is 111 cm³/mol. The van der Waals surface area contributed by atoms with E-state index in [9.17, 15) is 17.6 Å². The minimum atomic E-state index is -3.77. The van der Waals surface area contributed by atoms with E-state index in [1.807, 2.05) is 31.2 Å². The van der Waals surface area contributed by atoms with Crippen LogP contribution in [-0.2, 0) is 27.8 Å². The number of nitrogens with zero attached hydrogens (tertiary/aromatic N) is 1. The molecule has 2 aromatic carbocycles. The van der Waals surface area contributed by atoms with E-state index >= 15 is 0 Å². The fourth-order valence-corrected chi connectivity index (χ4v) is 4.13. The van der Waals surface area contributed by atoms with Crippen LogP contribution in [0.2, 0.25) is 0 Å². The summed E-state index contributed by atoms with van der Waals surface area (Å²) in [6, 6.07) is 10.9. The zero-order valence-corrected chi connectivity index (χ0v) is 17.8. The van der Waals surface area contributed by atoms with Crippen molar-refractivity contribution in [3.8, 4) is 0 Å². The van der Waals surface area contributed by atoms with Crippen molar-refractivity contribution >= 4 is 15.9 Å². The second-order valence-corrected chi connectivity index (χ2v) is 9.15. The molecule has 2 aromatic rings. The van der Waals surface area contributed by atoms with Gasteiger partial charge in [0.05, 0.1) is 23.2 Å². The number of nitrogens with one attached hydrogen (secondary N) is 2. The molecule has 0 bridgehead atoms. The molecule has 0 radical (unpaired) electrons. The molecule has 1 fully saturated rings. The molecule has 1 atom stereocenters. The number of halogens is 1. The Labute approximate surface area is 176 Å². The summed E-state index contributed by atoms with van der Waals surface area (Å²) in [5.41, 5.74) is 1.68. The minimum Gasteiger partial charge on any atom is -0.376 e. The monoisotopic (exact) mass is 435 g/mol. The van der Waals surface area contributed by atoms with Crippen LogP contribution in [0.1, 0.15) is 28.4 Å². The summed E-state index contributed by atoms with van der Waals surface area (Å²) >= 11 is 0. The summed E-state index contributed by atoms with van der Waals surface area (Å²) in [4.78, 5) is 14.6. The quantitative estimate of drug-likeness (QED) is 0.694. The standard InChI is InChI=1S/C21H26FN3O4S/c1-15-13-25(8-9-29-15)14-17-5-3-4-16(10-17)12-24-21(26)19-11-18(6-7-20(19)22)30(27,28)23-2/h3-7,10-11,15,23H,8-9,12-14H2,1-2H3,(H,24,26). The number of carbonyl (C=O) groups excluding carboxylic acids is 1. The van der Waals surface area contributed by atoms with Crippen LogP contribution >= 0.6 is 0 Å². The molecule has 1 aliphatic heterocycles. The van der Waals surface area contributed by atoms with Gasteiger partial charge in [0, 0.05) is 26.2 Å². The average molecular weight is 436 g/mol. The van der Waals surface area contributed by atoms with Crippen molar-refractivity contribution in [3.63, 3.8) is 0 Å². The second-order valence-electron chi connectivity index (χ2n) is 7.27. The molecular weight excluding hydrogens is 409 g/mol. The van der Waals surface area contributed by atoms with Crippen molar-refractivity contribution in [3.05, 3.63) is 65.0 Å². The summed E-state index contributed by atoms with van der Waals surface area (Å²) in [7, 11) is -2.52. The van der Waals surface area contributed by atoms with Crippen molar-refractivity contribution in [2.24, 2.45) is 0 Å². The van der Waals surface area contributed by atoms with Crippen LogP contribution in [0.5, 0.6) is 0 Å². The zero-order chi connectivity index (χ0) is 21.7. The maximum Gasteiger partial charge on any atom is 0.254 e. The third-order valence-electron chi connectivity index (χ3n) is 4.94. The molecule has 9 heteroatoms. The van der Waals surface area contributed by atoms with Crippen LogP contribution in [0.3, 0.4) is 0 Å². The van der Waals surface area contributed by atoms with Crippen molar-refractivity contribution in [1.29, 1.82) is 0 Å². The van der Waals surface area contributed by atoms with Crippen LogP contribution in [0.25, 0.3) is 0 Å². The third kappa shape index (κ3) is 5.63. The molecule has 2 N–H and O–H groups in total. The van der Waals surface area contributed by atoms with E-state index in [1.165, 1.54) is 7.05 Å². The molecule has 7 nitrogen and oxygen atoms in total. The van der Waals surface area contributed by atoms with Gasteiger partial charge in [-0.05, 0) is 43.3 Å². The number of sulfonamides is 1. The molecule has 30 heavy (non-hydrogen) atoms. The lowest BCUT2D eigenvalue weighted by Gasteiger charge is -2.31. The number of hydrogen-bond donors (Lipinski definition) is 2. The van der Waals surface area contributed by atoms with Gasteiger partial charge in [-0.3, -0.25) is 9.69 Å². The van der Waals surface area contributed by atoms with Gasteiger partial charge in [-0.2, -0.15) is 0 Å². The van der Waals surface area contributed by atoms with Crippen molar-refractivity contribution in [1.82, 2.24) is 14.9 Å². The minimum absolute atomic E-state index is 0.168. The van der Waals surface area contributed by atoms with E-state index < -0.39 is 21.7 Å². The zero-order valence-electron chi connectivity index (χ0n) is 17.0. The van der Waals surface area contributed by atoms with Gasteiger partial charge < -0.3 is 10.1 Å². The topological polar surface area (TPSA) is 87.7 Å². The van der Waals surface area contributed by atoms with Gasteiger partial charge >= 0.3 is 0 Å². The number of amides is 1. The second kappa shape index (κ2) is 9.65. The van der Waals surface area contributed by atoms with Gasteiger partial charge in [0.1, 0.15) is 5.82 Å². The lowest BCUT2D eigenvalue weighted by molar-refractivity contribution is -0.0212. The fraction of sp³-hybridized carbons (Fsp3) is 0.381. The van der Waals surface area contributed by atoms with Crippen molar-refractivity contribution < 1.29 is 22.3 Å². The fourth-order valence-electron chi connectivity index (χ4n) is 3.37. The first-order chi connectivity index (χ1) is 14.3. The van der Waals surface area contributed by atoms with Crippen molar-refractivity contribution in [2.45, 2.75) is 31.0 Å². The van der Waals surface area contributed by atoms with Crippen LogP contribution in [0, 0.1) is 5.82 Å². The molecule has 0 spiro atoms. The molecule has 1 unspecified atom stereocenters. The van der Waals surface area contributed by atoms with Gasteiger partial charge in [-0.15, -0.1) is 0 Å². The number of carbonyl (C=O) groups is 1. The number of ether oxygens (including phenoxy) is 1. The molecule has 1 aliphatic rings. The highest BCUT2D eigenvalue weighted by molar-refractivity contribution is 7.89. The Balaban J connectivity index is 1.66. The van der Waals surface area contributed by atoms with Gasteiger partial charge in [0.15, 0.2) is 0 Å². The van der Waals surface area contributed by atoms with E-state index in [2.05, 4.69) is 14.9 Å². The summed E-state index contributed by atoms with van der Waals surface area (Å²) in [5.74, 6) is -1.45. The molecule has 162 valence electrons. The Morgan fingerprint density at radius 2 is 2.00 bits per heavy atom. The smallest absolute Gasteiger partial charge is 0.254 e. The highest BCUT2D eigenvalue weighted by atomic mass is 32.2. The van der Waals surface area contributed by atoms with Crippen LogP contribution < -0.4 is 10.0 Å². The molecule has 0 saturated carbocycles. The average Bonchev–Trinajstić information content (AvgIpc) is 2.72. The molecular formula is C21H26FN3O4S. The number of benzene rings is 2. The van der Waals surface area contributed by atoms with E-state index in [0.717, 1.165) is 49.0 Å². The number of morpholine rings is 1. The molecule has 1 amide bonds. The Morgan fingerprint density at radius 3 is 2.73 bits per heavy atom. The van der Waals surface area contributed by atoms with Gasteiger partial charge in [-0.1, -0.05) is 24.3 Å². The maximum atomic E-state index is 14.1. The molecule has 0 aromatic heterocycles. The first-order valence-corrected chi connectivity index (χ1v) is 11.2. The maximum absolute atomic E-state index is 14.1. The summed E-state index contributed by atoms with van der Waals surface area (Å²) in [6.45, 7) is 5.49. The molecule has 1 heterocycles. The SMILES string of the molecule is CNS(=O)(=O)c1ccc(F)c(C(=O)NCc2cccc(CN3CCOC(C)C3)c2)c1. The summed E-state index contributed by atoms with van der Waals surface area (Å²) in [5, 5.41) is 2.66. The van der Waals surface area contributed by atoms with E-state index in [4.69, 9.17) is 4.74 Å². The largest absolute Gasteiger partial charge is 0.376 e. The first-order valence-electron chi connectivity index (χ1n) is 9.71. The van der Waals surface area contributed by atoms with Gasteiger partial charge in [0.25, 0.3) is 5.91 Å². The van der Waals surface area contributed by atoms with Gasteiger partial charge in [-0.25, -0.2) is 17.5 Å². The lowest BCUT2D eigenvalue weighted by Crippen LogP contribution is -2.40. The lowest BCUT2D eigenvalue weighted by atomic mass is 10.1. The summed E-state index contributed by atoms with van der Waals surface area (Å²) < 4.78 is 45.6. The van der Waals surface area contributed by atoms with Gasteiger partial charge in [0.2, 0.25) is 10.0 Å². The Kier molecular flexibility index (Phi) is 7.19. The van der Waals surface area contributed by atoms with Crippen LogP contribution in [0.15, 0.2) is 47.4 Å². The highest BCUT2D eigenvalue weighted by Gasteiger charge is 2.19. The molecule has 1 saturated heterocycles. The summed E-state index contributed by atoms with van der Waals surface area (Å²) in [6.07, 6.45) is 0.207. The van der Waals surface area contributed by atoms with Crippen LogP contribution in [0.4, 0.5) is 4.39 Å². The van der Waals surface area contributed by atoms with Crippen molar-refractivity contribution in [2.75, 3.05) is 26.7 Å². The Hall–Kier alpha value is -2.33. The van der Waals surface area contributed by atoms with E-state index in [-0.39, 0.29) is 23.1 Å². The van der Waals surface area contributed by atoms with E-state index in [1.54, 1.807) is 0 Å². The van der Waals surface area contributed by atoms with Crippen LogP contribution in [-0.4, -0.2) is 52.1 Å².